The Morgan fingerprint density at radius 2 is 1.57 bits per heavy atom. The highest BCUT2D eigenvalue weighted by molar-refractivity contribution is 5.70. The fourth-order valence-corrected chi connectivity index (χ4v) is 3.41. The largest absolute Gasteiger partial charge is 0.387 e. The van der Waals surface area contributed by atoms with Crippen molar-refractivity contribution in [2.75, 3.05) is 0 Å². The van der Waals surface area contributed by atoms with E-state index >= 15 is 0 Å². The lowest BCUT2D eigenvalue weighted by molar-refractivity contribution is 0.152. The summed E-state index contributed by atoms with van der Waals surface area (Å²) in [6, 6.07) is 9.06. The minimum atomic E-state index is -0.946. The lowest BCUT2D eigenvalue weighted by Gasteiger charge is -2.17. The van der Waals surface area contributed by atoms with Gasteiger partial charge in [-0.3, -0.25) is 13.9 Å². The van der Waals surface area contributed by atoms with Crippen LogP contribution in [-0.2, 0) is 19.6 Å². The molecule has 1 aromatic carbocycles. The van der Waals surface area contributed by atoms with Gasteiger partial charge >= 0.3 is 5.69 Å². The van der Waals surface area contributed by atoms with E-state index in [1.807, 2.05) is 36.6 Å². The number of nitrogens with zero attached hydrogens (tertiary/aromatic N) is 4. The van der Waals surface area contributed by atoms with Crippen LogP contribution >= 0.6 is 0 Å². The van der Waals surface area contributed by atoms with Gasteiger partial charge < -0.3 is 9.67 Å². The van der Waals surface area contributed by atoms with Crippen LogP contribution in [0.2, 0.25) is 0 Å². The number of benzene rings is 1. The van der Waals surface area contributed by atoms with Crippen LogP contribution in [0, 0.1) is 11.8 Å². The summed E-state index contributed by atoms with van der Waals surface area (Å²) in [6.07, 6.45) is 0.679. The number of hydrogen-bond donors (Lipinski definition) is 1. The Morgan fingerprint density at radius 3 is 2.18 bits per heavy atom. The molecule has 150 valence electrons. The standard InChI is InChI=1S/C21H28N4O3/c1-14(2)10-23-13-22-19-18(23)20(27)25(21(28)24(19)11-15(3)4)12-17(26)16-8-6-5-7-9-16/h5-9,13-15,17,26H,10-12H2,1-4H3/t17-/m0/s1. The zero-order chi connectivity index (χ0) is 20.4. The predicted octanol–water partition coefficient (Wildman–Crippen LogP) is 2.41. The van der Waals surface area contributed by atoms with E-state index in [4.69, 9.17) is 0 Å². The van der Waals surface area contributed by atoms with Crippen LogP contribution < -0.4 is 11.2 Å². The Hall–Kier alpha value is -2.67. The van der Waals surface area contributed by atoms with E-state index in [1.54, 1.807) is 23.0 Å². The smallest absolute Gasteiger partial charge is 0.332 e. The van der Waals surface area contributed by atoms with Crippen molar-refractivity contribution < 1.29 is 5.11 Å². The molecule has 0 saturated carbocycles. The molecular formula is C21H28N4O3. The van der Waals surface area contributed by atoms with E-state index in [9.17, 15) is 14.7 Å². The average molecular weight is 384 g/mol. The molecule has 7 nitrogen and oxygen atoms in total. The zero-order valence-corrected chi connectivity index (χ0v) is 16.9. The minimum absolute atomic E-state index is 0.0947. The van der Waals surface area contributed by atoms with E-state index < -0.39 is 17.4 Å². The van der Waals surface area contributed by atoms with Gasteiger partial charge in [0.05, 0.1) is 19.0 Å². The Bertz CT molecular complexity index is 1060. The molecule has 3 rings (SSSR count). The summed E-state index contributed by atoms with van der Waals surface area (Å²) >= 11 is 0. The Morgan fingerprint density at radius 1 is 0.929 bits per heavy atom. The molecule has 3 aromatic rings. The maximum atomic E-state index is 13.2. The van der Waals surface area contributed by atoms with E-state index in [-0.39, 0.29) is 12.5 Å². The lowest BCUT2D eigenvalue weighted by atomic mass is 10.1. The molecule has 0 unspecified atom stereocenters. The van der Waals surface area contributed by atoms with Crippen molar-refractivity contribution in [3.63, 3.8) is 0 Å². The maximum absolute atomic E-state index is 13.2. The summed E-state index contributed by atoms with van der Waals surface area (Å²) in [5.41, 5.74) is 0.646. The normalized spacial score (nSPS) is 13.0. The van der Waals surface area contributed by atoms with Crippen LogP contribution in [0.1, 0.15) is 39.4 Å². The minimum Gasteiger partial charge on any atom is -0.387 e. The number of imidazole rings is 1. The molecule has 7 heteroatoms. The van der Waals surface area contributed by atoms with Crippen molar-refractivity contribution in [2.45, 2.75) is 53.4 Å². The molecule has 1 N–H and O–H groups in total. The van der Waals surface area contributed by atoms with Crippen LogP contribution in [0.4, 0.5) is 0 Å². The molecule has 0 spiro atoms. The highest BCUT2D eigenvalue weighted by atomic mass is 16.3. The maximum Gasteiger partial charge on any atom is 0.332 e. The van der Waals surface area contributed by atoms with Crippen LogP contribution in [0.5, 0.6) is 0 Å². The first kappa shape index (κ1) is 20.1. The van der Waals surface area contributed by atoms with Crippen molar-refractivity contribution in [3.05, 3.63) is 63.1 Å². The third-order valence-corrected chi connectivity index (χ3v) is 4.63. The van der Waals surface area contributed by atoms with E-state index in [1.165, 1.54) is 0 Å². The third-order valence-electron chi connectivity index (χ3n) is 4.63. The number of aliphatic hydroxyl groups excluding tert-OH is 1. The fraction of sp³-hybridized carbons (Fsp3) is 0.476. The van der Waals surface area contributed by atoms with E-state index in [2.05, 4.69) is 18.8 Å². The SMILES string of the molecule is CC(C)Cn1cnc2c1c(=O)n(C[C@H](O)c1ccccc1)c(=O)n2CC(C)C. The van der Waals surface area contributed by atoms with Crippen molar-refractivity contribution >= 4 is 11.2 Å². The van der Waals surface area contributed by atoms with Crippen LogP contribution in [-0.4, -0.2) is 23.8 Å². The topological polar surface area (TPSA) is 82.1 Å². The molecule has 28 heavy (non-hydrogen) atoms. The molecule has 2 aromatic heterocycles. The van der Waals surface area contributed by atoms with Crippen molar-refractivity contribution in [1.82, 2.24) is 18.7 Å². The van der Waals surface area contributed by atoms with Gasteiger partial charge in [-0.2, -0.15) is 0 Å². The van der Waals surface area contributed by atoms with Gasteiger partial charge in [-0.1, -0.05) is 58.0 Å². The van der Waals surface area contributed by atoms with Gasteiger partial charge in [0.25, 0.3) is 5.56 Å². The van der Waals surface area contributed by atoms with Crippen LogP contribution in [0.15, 0.2) is 46.2 Å². The zero-order valence-electron chi connectivity index (χ0n) is 16.9. The molecule has 2 heterocycles. The molecule has 0 aliphatic carbocycles. The molecule has 1 atom stereocenters. The second-order valence-electron chi connectivity index (χ2n) is 8.09. The number of aromatic nitrogens is 4. The number of aliphatic hydroxyl groups is 1. The van der Waals surface area contributed by atoms with Crippen LogP contribution in [0.3, 0.4) is 0 Å². The lowest BCUT2D eigenvalue weighted by Crippen LogP contribution is -2.42. The summed E-state index contributed by atoms with van der Waals surface area (Å²) in [5, 5.41) is 10.6. The molecule has 0 aliphatic heterocycles. The highest BCUT2D eigenvalue weighted by Crippen LogP contribution is 2.15. The monoisotopic (exact) mass is 384 g/mol. The molecule has 0 saturated heterocycles. The van der Waals surface area contributed by atoms with Gasteiger partial charge in [-0.25, -0.2) is 9.78 Å². The van der Waals surface area contributed by atoms with Gasteiger partial charge in [-0.15, -0.1) is 0 Å². The average Bonchev–Trinajstić information content (AvgIpc) is 3.05. The molecule has 0 fully saturated rings. The summed E-state index contributed by atoms with van der Waals surface area (Å²) in [7, 11) is 0. The van der Waals surface area contributed by atoms with E-state index in [0.29, 0.717) is 35.7 Å². The molecule has 0 aliphatic rings. The summed E-state index contributed by atoms with van der Waals surface area (Å²) in [6.45, 7) is 9.14. The molecule has 0 bridgehead atoms. The Balaban J connectivity index is 2.18. The first-order chi connectivity index (χ1) is 13.3. The number of hydrogen-bond acceptors (Lipinski definition) is 4. The number of fused-ring (bicyclic) bond motifs is 1. The summed E-state index contributed by atoms with van der Waals surface area (Å²) in [4.78, 5) is 30.7. The van der Waals surface area contributed by atoms with Gasteiger partial charge in [-0.05, 0) is 17.4 Å². The summed E-state index contributed by atoms with van der Waals surface area (Å²) in [5.74, 6) is 0.534. The predicted molar refractivity (Wildman–Crippen MR) is 109 cm³/mol. The van der Waals surface area contributed by atoms with Crippen molar-refractivity contribution in [2.24, 2.45) is 11.8 Å². The Kier molecular flexibility index (Phi) is 5.84. The highest BCUT2D eigenvalue weighted by Gasteiger charge is 2.21. The van der Waals surface area contributed by atoms with E-state index in [0.717, 1.165) is 4.57 Å². The van der Waals surface area contributed by atoms with Gasteiger partial charge in [0.1, 0.15) is 0 Å². The quantitative estimate of drug-likeness (QED) is 0.678. The van der Waals surface area contributed by atoms with Crippen LogP contribution in [0.25, 0.3) is 11.2 Å². The van der Waals surface area contributed by atoms with Crippen molar-refractivity contribution in [1.29, 1.82) is 0 Å². The second-order valence-corrected chi connectivity index (χ2v) is 8.09. The molecule has 0 amide bonds. The van der Waals surface area contributed by atoms with Gasteiger partial charge in [0, 0.05) is 13.1 Å². The first-order valence-electron chi connectivity index (χ1n) is 9.71. The van der Waals surface area contributed by atoms with Crippen molar-refractivity contribution in [3.8, 4) is 0 Å². The first-order valence-corrected chi connectivity index (χ1v) is 9.71. The number of rotatable bonds is 7. The second kappa shape index (κ2) is 8.14. The van der Waals surface area contributed by atoms with Gasteiger partial charge in [0.15, 0.2) is 11.2 Å². The molecule has 0 radical (unpaired) electrons. The molecular weight excluding hydrogens is 356 g/mol. The summed E-state index contributed by atoms with van der Waals surface area (Å²) < 4.78 is 4.50. The third kappa shape index (κ3) is 3.94. The fourth-order valence-electron chi connectivity index (χ4n) is 3.41. The van der Waals surface area contributed by atoms with Gasteiger partial charge in [0.2, 0.25) is 0 Å². The Labute approximate surface area is 163 Å².